The van der Waals surface area contributed by atoms with Crippen LogP contribution in [0.5, 0.6) is 0 Å². The first-order valence-corrected chi connectivity index (χ1v) is 6.35. The molecule has 2 aromatic heterocycles. The molecule has 6 heteroatoms. The molecule has 0 aliphatic carbocycles. The van der Waals surface area contributed by atoms with Crippen molar-refractivity contribution < 1.29 is 14.4 Å². The lowest BCUT2D eigenvalue weighted by Crippen LogP contribution is -2.07. The van der Waals surface area contributed by atoms with Crippen LogP contribution in [0.2, 0.25) is 0 Å². The van der Waals surface area contributed by atoms with E-state index in [0.717, 1.165) is 20.9 Å². The number of halogens is 1. The molecule has 0 fully saturated rings. The molecule has 0 saturated heterocycles. The minimum Gasteiger partial charge on any atom is -0.480 e. The van der Waals surface area contributed by atoms with Gasteiger partial charge in [0.2, 0.25) is 0 Å². The van der Waals surface area contributed by atoms with Gasteiger partial charge in [-0.3, -0.25) is 4.79 Å². The molecule has 1 aromatic carbocycles. The highest BCUT2D eigenvalue weighted by Crippen LogP contribution is 2.31. The van der Waals surface area contributed by atoms with E-state index >= 15 is 0 Å². The van der Waals surface area contributed by atoms with Crippen molar-refractivity contribution in [2.24, 2.45) is 0 Å². The minimum atomic E-state index is -0.886. The van der Waals surface area contributed by atoms with Crippen LogP contribution in [0.4, 0.5) is 0 Å². The predicted octanol–water partition coefficient (Wildman–Crippen LogP) is 3.14. The highest BCUT2D eigenvalue weighted by molar-refractivity contribution is 9.10. The molecule has 3 aromatic rings. The molecular weight excluding hydrogens is 312 g/mol. The Morgan fingerprint density at radius 1 is 1.42 bits per heavy atom. The first-order chi connectivity index (χ1) is 9.15. The second kappa shape index (κ2) is 4.55. The van der Waals surface area contributed by atoms with E-state index in [2.05, 4.69) is 21.1 Å². The van der Waals surface area contributed by atoms with E-state index < -0.39 is 5.97 Å². The molecule has 96 valence electrons. The maximum absolute atomic E-state index is 10.9. The fourth-order valence-corrected chi connectivity index (χ4v) is 2.45. The smallest absolute Gasteiger partial charge is 0.323 e. The van der Waals surface area contributed by atoms with Crippen molar-refractivity contribution >= 4 is 32.8 Å². The Hall–Kier alpha value is -2.08. The van der Waals surface area contributed by atoms with Crippen molar-refractivity contribution in [3.05, 3.63) is 41.2 Å². The topological polar surface area (TPSA) is 68.3 Å². The summed E-state index contributed by atoms with van der Waals surface area (Å²) < 4.78 is 7.43. The van der Waals surface area contributed by atoms with E-state index in [1.807, 2.05) is 18.2 Å². The van der Waals surface area contributed by atoms with Gasteiger partial charge in [-0.25, -0.2) is 0 Å². The van der Waals surface area contributed by atoms with Gasteiger partial charge < -0.3 is 14.2 Å². The fourth-order valence-electron chi connectivity index (χ4n) is 2.10. The number of aliphatic carboxylic acids is 1. The lowest BCUT2D eigenvalue weighted by molar-refractivity contribution is -0.137. The average Bonchev–Trinajstić information content (AvgIpc) is 2.96. The summed E-state index contributed by atoms with van der Waals surface area (Å²) >= 11 is 3.40. The highest BCUT2D eigenvalue weighted by Gasteiger charge is 2.14. The Labute approximate surface area is 116 Å². The van der Waals surface area contributed by atoms with Crippen LogP contribution in [-0.2, 0) is 11.3 Å². The molecule has 19 heavy (non-hydrogen) atoms. The zero-order valence-corrected chi connectivity index (χ0v) is 11.3. The third-order valence-corrected chi connectivity index (χ3v) is 3.36. The first-order valence-electron chi connectivity index (χ1n) is 5.56. The molecule has 0 amide bonds. The van der Waals surface area contributed by atoms with Crippen molar-refractivity contribution in [2.45, 2.75) is 6.54 Å². The molecule has 0 atom stereocenters. The van der Waals surface area contributed by atoms with Crippen molar-refractivity contribution in [1.82, 2.24) is 9.72 Å². The Kier molecular flexibility index (Phi) is 2.87. The monoisotopic (exact) mass is 320 g/mol. The molecule has 0 radical (unpaired) electrons. The van der Waals surface area contributed by atoms with Crippen LogP contribution in [0.3, 0.4) is 0 Å². The lowest BCUT2D eigenvalue weighted by Gasteiger charge is -2.00. The van der Waals surface area contributed by atoms with Crippen molar-refractivity contribution in [3.8, 4) is 11.3 Å². The average molecular weight is 321 g/mol. The Morgan fingerprint density at radius 3 is 2.95 bits per heavy atom. The van der Waals surface area contributed by atoms with Crippen LogP contribution in [0.25, 0.3) is 22.2 Å². The van der Waals surface area contributed by atoms with E-state index in [1.165, 1.54) is 6.26 Å². The SMILES string of the molecule is O=C(O)Cn1cc(-c2ccon2)c2ccc(Br)cc21. The van der Waals surface area contributed by atoms with Crippen LogP contribution in [-0.4, -0.2) is 20.8 Å². The molecule has 0 spiro atoms. The van der Waals surface area contributed by atoms with E-state index in [9.17, 15) is 4.79 Å². The summed E-state index contributed by atoms with van der Waals surface area (Å²) in [5.74, 6) is -0.886. The normalized spacial score (nSPS) is 11.0. The van der Waals surface area contributed by atoms with Crippen LogP contribution < -0.4 is 0 Å². The summed E-state index contributed by atoms with van der Waals surface area (Å²) in [6.45, 7) is -0.0925. The summed E-state index contributed by atoms with van der Waals surface area (Å²) in [4.78, 5) is 10.9. The Morgan fingerprint density at radius 2 is 2.26 bits per heavy atom. The van der Waals surface area contributed by atoms with E-state index in [-0.39, 0.29) is 6.54 Å². The molecule has 0 bridgehead atoms. The van der Waals surface area contributed by atoms with Gasteiger partial charge in [0, 0.05) is 27.7 Å². The molecule has 2 heterocycles. The van der Waals surface area contributed by atoms with E-state index in [0.29, 0.717) is 5.69 Å². The van der Waals surface area contributed by atoms with Gasteiger partial charge in [0.1, 0.15) is 18.5 Å². The second-order valence-electron chi connectivity index (χ2n) is 4.11. The number of carbonyl (C=O) groups is 1. The number of nitrogens with zero attached hydrogens (tertiary/aromatic N) is 2. The second-order valence-corrected chi connectivity index (χ2v) is 5.03. The van der Waals surface area contributed by atoms with Crippen LogP contribution >= 0.6 is 15.9 Å². The van der Waals surface area contributed by atoms with Gasteiger partial charge in [0.25, 0.3) is 0 Å². The Bertz CT molecular complexity index is 747. The number of fused-ring (bicyclic) bond motifs is 1. The van der Waals surface area contributed by atoms with E-state index in [1.54, 1.807) is 16.8 Å². The quantitative estimate of drug-likeness (QED) is 0.805. The van der Waals surface area contributed by atoms with Gasteiger partial charge in [0.05, 0.1) is 5.52 Å². The summed E-state index contributed by atoms with van der Waals surface area (Å²) in [5.41, 5.74) is 2.39. The van der Waals surface area contributed by atoms with Crippen LogP contribution in [0.15, 0.2) is 45.7 Å². The number of carboxylic acid groups (broad SMARTS) is 1. The highest BCUT2D eigenvalue weighted by atomic mass is 79.9. The summed E-state index contributed by atoms with van der Waals surface area (Å²) in [5, 5.41) is 13.8. The van der Waals surface area contributed by atoms with Gasteiger partial charge >= 0.3 is 5.97 Å². The molecule has 1 N–H and O–H groups in total. The largest absolute Gasteiger partial charge is 0.480 e. The van der Waals surface area contributed by atoms with Crippen molar-refractivity contribution in [2.75, 3.05) is 0 Å². The first kappa shape index (κ1) is 12.0. The molecule has 3 rings (SSSR count). The molecule has 0 aliphatic heterocycles. The minimum absolute atomic E-state index is 0.0925. The predicted molar refractivity (Wildman–Crippen MR) is 72.8 cm³/mol. The third-order valence-electron chi connectivity index (χ3n) is 2.86. The maximum atomic E-state index is 10.9. The van der Waals surface area contributed by atoms with Crippen molar-refractivity contribution in [1.29, 1.82) is 0 Å². The van der Waals surface area contributed by atoms with Gasteiger partial charge in [-0.2, -0.15) is 0 Å². The lowest BCUT2D eigenvalue weighted by atomic mass is 10.1. The van der Waals surface area contributed by atoms with Gasteiger partial charge in [0.15, 0.2) is 0 Å². The van der Waals surface area contributed by atoms with Crippen molar-refractivity contribution in [3.63, 3.8) is 0 Å². The van der Waals surface area contributed by atoms with Crippen LogP contribution in [0, 0.1) is 0 Å². The zero-order valence-electron chi connectivity index (χ0n) is 9.71. The molecule has 0 aliphatic rings. The summed E-state index contributed by atoms with van der Waals surface area (Å²) in [7, 11) is 0. The van der Waals surface area contributed by atoms with Gasteiger partial charge in [-0.1, -0.05) is 27.2 Å². The molecule has 0 saturated carbocycles. The van der Waals surface area contributed by atoms with Gasteiger partial charge in [-0.15, -0.1) is 0 Å². The fraction of sp³-hybridized carbons (Fsp3) is 0.0769. The number of carboxylic acids is 1. The summed E-state index contributed by atoms with van der Waals surface area (Å²) in [6, 6.07) is 7.49. The third kappa shape index (κ3) is 2.15. The molecule has 0 unspecified atom stereocenters. The molecular formula is C13H9BrN2O3. The Balaban J connectivity index is 2.26. The number of rotatable bonds is 3. The van der Waals surface area contributed by atoms with E-state index in [4.69, 9.17) is 9.63 Å². The van der Waals surface area contributed by atoms with Crippen LogP contribution in [0.1, 0.15) is 0 Å². The maximum Gasteiger partial charge on any atom is 0.323 e. The number of benzene rings is 1. The number of hydrogen-bond acceptors (Lipinski definition) is 3. The molecule has 5 nitrogen and oxygen atoms in total. The number of hydrogen-bond donors (Lipinski definition) is 1. The standard InChI is InChI=1S/C13H9BrN2O3/c14-8-1-2-9-10(11-3-4-19-15-11)6-16(7-13(17)18)12(9)5-8/h1-6H,7H2,(H,17,18). The van der Waals surface area contributed by atoms with Gasteiger partial charge in [-0.05, 0) is 12.1 Å². The number of aromatic nitrogens is 2. The summed E-state index contributed by atoms with van der Waals surface area (Å²) in [6.07, 6.45) is 3.28. The zero-order chi connectivity index (χ0) is 13.4.